The molecule has 4 amide bonds. The Hall–Kier alpha value is -6.43. The maximum absolute atomic E-state index is 13.5. The molecule has 16 nitrogen and oxygen atoms in total. The number of hydrogen-bond donors (Lipinski definition) is 4. The monoisotopic (exact) mass is 1050 g/mol. The van der Waals surface area contributed by atoms with E-state index in [1.807, 2.05) is 13.8 Å². The lowest BCUT2D eigenvalue weighted by molar-refractivity contribution is -0.127. The SMILES string of the molecule is CCOc1ccc(NC(=O)c2cccc(N=NC(C(C)=O)C(=O)Nc3ccc(NC(=O)C(N=Nc4cccc(C(=O)Nc5ccc(OCC)cc5C(C)Cl)c4Cl)C(C)=O)c(CCl)c3)c2Cl)c(C(C)Cl)c1. The minimum atomic E-state index is -1.65. The summed E-state index contributed by atoms with van der Waals surface area (Å²) in [4.78, 5) is 79.1. The van der Waals surface area contributed by atoms with Crippen molar-refractivity contribution in [3.8, 4) is 11.5 Å². The van der Waals surface area contributed by atoms with E-state index < -0.39 is 58.0 Å². The summed E-state index contributed by atoms with van der Waals surface area (Å²) in [5.74, 6) is -3.20. The number of carbonyl (C=O) groups is 6. The molecule has 0 aliphatic heterocycles. The van der Waals surface area contributed by atoms with Crippen LogP contribution in [0.15, 0.2) is 111 Å². The molecule has 0 radical (unpaired) electrons. The zero-order valence-electron chi connectivity index (χ0n) is 38.5. The van der Waals surface area contributed by atoms with Gasteiger partial charge in [-0.2, -0.15) is 20.5 Å². The van der Waals surface area contributed by atoms with E-state index in [2.05, 4.69) is 41.7 Å². The van der Waals surface area contributed by atoms with Crippen LogP contribution in [0.2, 0.25) is 10.0 Å². The number of Topliss-reactive ketones (excluding diaryl/α,β-unsaturated/α-hetero) is 2. The molecule has 4 N–H and O–H groups in total. The van der Waals surface area contributed by atoms with Gasteiger partial charge in [-0.05, 0) is 137 Å². The molecule has 0 spiro atoms. The molecule has 366 valence electrons. The summed E-state index contributed by atoms with van der Waals surface area (Å²) in [6.07, 6.45) is 0. The maximum atomic E-state index is 13.5. The fourth-order valence-corrected chi connectivity index (χ4v) is 7.68. The number of benzene rings is 5. The number of nitrogens with zero attached hydrogens (tertiary/aromatic N) is 4. The summed E-state index contributed by atoms with van der Waals surface area (Å²) >= 11 is 32.2. The molecule has 0 saturated heterocycles. The number of hydrogen-bond acceptors (Lipinski definition) is 12. The predicted molar refractivity (Wildman–Crippen MR) is 274 cm³/mol. The topological polar surface area (TPSA) is 218 Å². The van der Waals surface area contributed by atoms with Gasteiger partial charge in [0.2, 0.25) is 12.1 Å². The Kier molecular flexibility index (Phi) is 19.8. The minimum Gasteiger partial charge on any atom is -0.494 e. The third kappa shape index (κ3) is 14.1. The van der Waals surface area contributed by atoms with Crippen molar-refractivity contribution >= 4 is 127 Å². The number of anilines is 4. The summed E-state index contributed by atoms with van der Waals surface area (Å²) in [5.41, 5.74) is 2.87. The van der Waals surface area contributed by atoms with Crippen LogP contribution < -0.4 is 30.7 Å². The van der Waals surface area contributed by atoms with Crippen molar-refractivity contribution in [2.45, 2.75) is 70.3 Å². The fourth-order valence-electron chi connectivity index (χ4n) is 6.60. The Morgan fingerprint density at radius 1 is 0.571 bits per heavy atom. The first-order chi connectivity index (χ1) is 33.4. The van der Waals surface area contributed by atoms with Crippen molar-refractivity contribution < 1.29 is 38.2 Å². The van der Waals surface area contributed by atoms with E-state index in [1.54, 1.807) is 50.2 Å². The first kappa shape index (κ1) is 54.5. The van der Waals surface area contributed by atoms with Gasteiger partial charge in [0, 0.05) is 28.6 Å². The molecule has 0 heterocycles. The molecule has 4 unspecified atom stereocenters. The number of ether oxygens (including phenoxy) is 2. The molecule has 0 aromatic heterocycles. The molecular formula is C49H47Cl5N8O8. The van der Waals surface area contributed by atoms with Gasteiger partial charge in [0.1, 0.15) is 22.9 Å². The van der Waals surface area contributed by atoms with Crippen LogP contribution in [0, 0.1) is 0 Å². The lowest BCUT2D eigenvalue weighted by Crippen LogP contribution is -2.32. The van der Waals surface area contributed by atoms with Gasteiger partial charge in [-0.1, -0.05) is 35.3 Å². The first-order valence-corrected chi connectivity index (χ1v) is 23.7. The highest BCUT2D eigenvalue weighted by atomic mass is 35.5. The molecule has 21 heteroatoms. The second-order valence-electron chi connectivity index (χ2n) is 15.2. The molecule has 5 aromatic rings. The highest BCUT2D eigenvalue weighted by Crippen LogP contribution is 2.36. The zero-order valence-corrected chi connectivity index (χ0v) is 42.3. The van der Waals surface area contributed by atoms with Gasteiger partial charge in [0.15, 0.2) is 11.6 Å². The van der Waals surface area contributed by atoms with Crippen molar-refractivity contribution in [2.24, 2.45) is 20.5 Å². The van der Waals surface area contributed by atoms with Crippen LogP contribution in [-0.2, 0) is 25.1 Å². The zero-order chi connectivity index (χ0) is 51.2. The quantitative estimate of drug-likeness (QED) is 0.0314. The van der Waals surface area contributed by atoms with Gasteiger partial charge in [-0.15, -0.1) is 34.8 Å². The average Bonchev–Trinajstić information content (AvgIpc) is 3.31. The molecular weight excluding hydrogens is 1010 g/mol. The van der Waals surface area contributed by atoms with Crippen LogP contribution in [-0.4, -0.2) is 60.5 Å². The molecule has 0 aliphatic carbocycles. The van der Waals surface area contributed by atoms with E-state index in [4.69, 9.17) is 67.5 Å². The van der Waals surface area contributed by atoms with Crippen LogP contribution in [0.3, 0.4) is 0 Å². The van der Waals surface area contributed by atoms with Crippen molar-refractivity contribution in [1.29, 1.82) is 0 Å². The number of rotatable bonds is 21. The Balaban J connectivity index is 1.27. The molecule has 5 aromatic carbocycles. The summed E-state index contributed by atoms with van der Waals surface area (Å²) < 4.78 is 11.1. The smallest absolute Gasteiger partial charge is 0.258 e. The Bertz CT molecular complexity index is 2860. The number of alkyl halides is 3. The van der Waals surface area contributed by atoms with E-state index in [0.29, 0.717) is 52.8 Å². The van der Waals surface area contributed by atoms with E-state index in [0.717, 1.165) is 13.8 Å². The third-order valence-electron chi connectivity index (χ3n) is 10.1. The molecule has 0 bridgehead atoms. The standard InChI is InChI=1S/C49H47Cl5N8O8/c1-7-69-31-16-19-38(35(22-31)25(3)51)57-46(65)33-11-9-13-40(42(33)53)59-61-44(27(5)63)48(67)55-30-15-18-37(29(21-30)24-50)56-49(68)45(28(6)64)62-60-41-14-10-12-34(43(41)54)47(66)58-39-20-17-32(70-8-2)23-36(39)26(4)52/h9-23,25-26,44-45H,7-8,24H2,1-6H3,(H,55,67)(H,56,68)(H,57,65)(H,58,66). The number of amides is 4. The van der Waals surface area contributed by atoms with Gasteiger partial charge in [0.25, 0.3) is 23.6 Å². The number of carbonyl (C=O) groups excluding carboxylic acids is 6. The molecule has 70 heavy (non-hydrogen) atoms. The van der Waals surface area contributed by atoms with Crippen LogP contribution in [0.1, 0.15) is 89.7 Å². The van der Waals surface area contributed by atoms with Gasteiger partial charge < -0.3 is 30.7 Å². The Morgan fingerprint density at radius 2 is 1.00 bits per heavy atom. The van der Waals surface area contributed by atoms with Gasteiger partial charge in [-0.25, -0.2) is 0 Å². The first-order valence-electron chi connectivity index (χ1n) is 21.5. The number of halogens is 5. The van der Waals surface area contributed by atoms with Crippen molar-refractivity contribution in [2.75, 3.05) is 34.5 Å². The molecule has 0 saturated carbocycles. The van der Waals surface area contributed by atoms with E-state index in [1.165, 1.54) is 54.6 Å². The second-order valence-corrected chi connectivity index (χ2v) is 17.6. The van der Waals surface area contributed by atoms with Crippen LogP contribution >= 0.6 is 58.0 Å². The molecule has 0 aliphatic rings. The van der Waals surface area contributed by atoms with Gasteiger partial charge in [0.05, 0.1) is 45.1 Å². The van der Waals surface area contributed by atoms with E-state index in [9.17, 15) is 28.8 Å². The van der Waals surface area contributed by atoms with Crippen LogP contribution in [0.4, 0.5) is 34.1 Å². The molecule has 4 atom stereocenters. The third-order valence-corrected chi connectivity index (χ3v) is 11.6. The predicted octanol–water partition coefficient (Wildman–Crippen LogP) is 13.0. The van der Waals surface area contributed by atoms with Crippen molar-refractivity contribution in [3.05, 3.63) is 129 Å². The van der Waals surface area contributed by atoms with Gasteiger partial charge >= 0.3 is 0 Å². The lowest BCUT2D eigenvalue weighted by Gasteiger charge is -2.16. The maximum Gasteiger partial charge on any atom is 0.258 e. The number of nitrogens with one attached hydrogen (secondary N) is 4. The Morgan fingerprint density at radius 3 is 1.40 bits per heavy atom. The highest BCUT2D eigenvalue weighted by molar-refractivity contribution is 6.37. The molecule has 5 rings (SSSR count). The number of ketones is 2. The lowest BCUT2D eigenvalue weighted by atomic mass is 10.1. The van der Waals surface area contributed by atoms with E-state index in [-0.39, 0.29) is 49.8 Å². The summed E-state index contributed by atoms with van der Waals surface area (Å²) in [7, 11) is 0. The highest BCUT2D eigenvalue weighted by Gasteiger charge is 2.27. The largest absolute Gasteiger partial charge is 0.494 e. The van der Waals surface area contributed by atoms with Crippen molar-refractivity contribution in [1.82, 2.24) is 0 Å². The van der Waals surface area contributed by atoms with Crippen LogP contribution in [0.5, 0.6) is 11.5 Å². The second kappa shape index (κ2) is 25.4. The summed E-state index contributed by atoms with van der Waals surface area (Å²) in [5, 5.41) is 25.8. The fraction of sp³-hybridized carbons (Fsp3) is 0.265. The average molecular weight is 1050 g/mol. The molecule has 0 fully saturated rings. The van der Waals surface area contributed by atoms with Crippen molar-refractivity contribution in [3.63, 3.8) is 0 Å². The summed E-state index contributed by atoms with van der Waals surface area (Å²) in [6.45, 7) is 10.4. The minimum absolute atomic E-state index is 0.00670. The normalized spacial score (nSPS) is 13.0. The van der Waals surface area contributed by atoms with E-state index >= 15 is 0 Å². The van der Waals surface area contributed by atoms with Crippen LogP contribution in [0.25, 0.3) is 0 Å². The number of azo groups is 2. The van der Waals surface area contributed by atoms with Gasteiger partial charge in [-0.3, -0.25) is 28.8 Å². The summed E-state index contributed by atoms with van der Waals surface area (Å²) in [6, 6.07) is 20.1. The Labute approximate surface area is 428 Å².